The van der Waals surface area contributed by atoms with E-state index in [0.717, 1.165) is 62.4 Å². The molecule has 2 aliphatic rings. The summed E-state index contributed by atoms with van der Waals surface area (Å²) in [6, 6.07) is 23.4. The summed E-state index contributed by atoms with van der Waals surface area (Å²) in [5, 5.41) is 0.739. The van der Waals surface area contributed by atoms with Crippen LogP contribution in [0.1, 0.15) is 69.0 Å². The maximum absolute atomic E-state index is 13.0. The Morgan fingerprint density at radius 2 is 1.41 bits per heavy atom. The van der Waals surface area contributed by atoms with Crippen LogP contribution in [0.4, 0.5) is 0 Å². The van der Waals surface area contributed by atoms with Crippen LogP contribution in [0.25, 0.3) is 0 Å². The lowest BCUT2D eigenvalue weighted by molar-refractivity contribution is -0.132. The molecule has 6 heteroatoms. The molecule has 0 spiro atoms. The Kier molecular flexibility index (Phi) is 8.90. The van der Waals surface area contributed by atoms with Crippen molar-refractivity contribution in [2.45, 2.75) is 44.4 Å². The number of benzene rings is 3. The minimum absolute atomic E-state index is 0.0163. The molecule has 2 aliphatic heterocycles. The van der Waals surface area contributed by atoms with Gasteiger partial charge >= 0.3 is 0 Å². The first-order valence-electron chi connectivity index (χ1n) is 13.9. The molecule has 39 heavy (non-hydrogen) atoms. The van der Waals surface area contributed by atoms with Crippen LogP contribution in [-0.2, 0) is 17.6 Å². The maximum Gasteiger partial charge on any atom is 0.223 e. The van der Waals surface area contributed by atoms with E-state index in [1.165, 1.54) is 16.7 Å². The summed E-state index contributed by atoms with van der Waals surface area (Å²) >= 11 is 6.01. The summed E-state index contributed by atoms with van der Waals surface area (Å²) < 4.78 is 0. The quantitative estimate of drug-likeness (QED) is 0.328. The van der Waals surface area contributed by atoms with Crippen LogP contribution in [0.2, 0.25) is 5.02 Å². The minimum Gasteiger partial charge on any atom is -0.343 e. The van der Waals surface area contributed by atoms with E-state index in [9.17, 15) is 14.4 Å². The monoisotopic (exact) mass is 542 g/mol. The molecule has 0 aliphatic carbocycles. The number of carbonyl (C=O) groups is 3. The van der Waals surface area contributed by atoms with Crippen molar-refractivity contribution in [3.63, 3.8) is 0 Å². The molecule has 5 nitrogen and oxygen atoms in total. The molecular formula is C33H35ClN2O3. The second-order valence-corrected chi connectivity index (χ2v) is 11.1. The molecule has 2 heterocycles. The van der Waals surface area contributed by atoms with E-state index in [-0.39, 0.29) is 30.3 Å². The summed E-state index contributed by atoms with van der Waals surface area (Å²) in [5.74, 6) is 0.658. The number of amides is 1. The zero-order chi connectivity index (χ0) is 27.2. The molecule has 5 rings (SSSR count). The predicted octanol–water partition coefficient (Wildman–Crippen LogP) is 5.99. The third-order valence-electron chi connectivity index (χ3n) is 8.14. The lowest BCUT2D eigenvalue weighted by atomic mass is 9.89. The highest BCUT2D eigenvalue weighted by Gasteiger charge is 2.24. The number of ketones is 2. The Balaban J connectivity index is 1.10. The molecular weight excluding hydrogens is 508 g/mol. The van der Waals surface area contributed by atoms with Gasteiger partial charge in [0.2, 0.25) is 5.91 Å². The Morgan fingerprint density at radius 1 is 0.718 bits per heavy atom. The summed E-state index contributed by atoms with van der Waals surface area (Å²) in [4.78, 5) is 42.6. The van der Waals surface area contributed by atoms with Crippen molar-refractivity contribution in [3.8, 4) is 0 Å². The van der Waals surface area contributed by atoms with Crippen LogP contribution < -0.4 is 0 Å². The van der Waals surface area contributed by atoms with Crippen molar-refractivity contribution < 1.29 is 14.4 Å². The first-order valence-corrected chi connectivity index (χ1v) is 14.3. The highest BCUT2D eigenvalue weighted by molar-refractivity contribution is 6.30. The number of hydrogen-bond acceptors (Lipinski definition) is 4. The van der Waals surface area contributed by atoms with Gasteiger partial charge in [0.25, 0.3) is 0 Å². The van der Waals surface area contributed by atoms with Crippen molar-refractivity contribution in [2.75, 3.05) is 32.7 Å². The fourth-order valence-electron chi connectivity index (χ4n) is 5.74. The summed E-state index contributed by atoms with van der Waals surface area (Å²) in [6.45, 7) is 3.46. The van der Waals surface area contributed by atoms with E-state index >= 15 is 0 Å². The zero-order valence-electron chi connectivity index (χ0n) is 22.3. The van der Waals surface area contributed by atoms with E-state index in [4.69, 9.17) is 11.6 Å². The zero-order valence-corrected chi connectivity index (χ0v) is 23.0. The van der Waals surface area contributed by atoms with Crippen LogP contribution in [0.15, 0.2) is 72.8 Å². The first-order chi connectivity index (χ1) is 19.0. The first kappa shape index (κ1) is 27.3. The Hall–Kier alpha value is -3.28. The third kappa shape index (κ3) is 7.03. The van der Waals surface area contributed by atoms with Crippen LogP contribution in [0.3, 0.4) is 0 Å². The number of likely N-dealkylation sites (tertiary alicyclic amines) is 1. The predicted molar refractivity (Wildman–Crippen MR) is 155 cm³/mol. The fourth-order valence-corrected chi connectivity index (χ4v) is 5.87. The van der Waals surface area contributed by atoms with Gasteiger partial charge in [0, 0.05) is 55.2 Å². The molecule has 0 unspecified atom stereocenters. The fraction of sp³-hybridized carbons (Fsp3) is 0.364. The molecule has 3 aromatic carbocycles. The normalized spacial score (nSPS) is 16.4. The van der Waals surface area contributed by atoms with Gasteiger partial charge in [-0.3, -0.25) is 19.3 Å². The van der Waals surface area contributed by atoms with Crippen molar-refractivity contribution in [2.24, 2.45) is 0 Å². The van der Waals surface area contributed by atoms with Crippen molar-refractivity contribution in [1.29, 1.82) is 0 Å². The molecule has 0 N–H and O–H groups in total. The molecule has 3 aromatic rings. The average Bonchev–Trinajstić information content (AvgIpc) is 3.18. The van der Waals surface area contributed by atoms with E-state index < -0.39 is 0 Å². The molecule has 1 saturated heterocycles. The number of nitrogens with zero attached hydrogens (tertiary/aromatic N) is 2. The molecule has 0 atom stereocenters. The number of Topliss-reactive ketones (excluding diaryl/α,β-unsaturated/α-hetero) is 2. The van der Waals surface area contributed by atoms with Crippen LogP contribution in [0, 0.1) is 0 Å². The lowest BCUT2D eigenvalue weighted by Crippen LogP contribution is -2.38. The Labute approximate surface area is 235 Å². The van der Waals surface area contributed by atoms with Gasteiger partial charge in [-0.05, 0) is 66.5 Å². The van der Waals surface area contributed by atoms with E-state index in [1.807, 2.05) is 59.5 Å². The average molecular weight is 543 g/mol. The number of rotatable bonds is 8. The molecule has 0 bridgehead atoms. The van der Waals surface area contributed by atoms with E-state index in [0.29, 0.717) is 18.0 Å². The van der Waals surface area contributed by atoms with Gasteiger partial charge in [-0.15, -0.1) is 0 Å². The number of fused-ring (bicyclic) bond motifs is 1. The van der Waals surface area contributed by atoms with E-state index in [2.05, 4.69) is 23.1 Å². The van der Waals surface area contributed by atoms with Gasteiger partial charge in [0.1, 0.15) is 0 Å². The van der Waals surface area contributed by atoms with E-state index in [1.54, 1.807) is 0 Å². The largest absolute Gasteiger partial charge is 0.343 e. The molecule has 0 aromatic heterocycles. The number of carbonyl (C=O) groups excluding carboxylic acids is 3. The van der Waals surface area contributed by atoms with Crippen LogP contribution >= 0.6 is 11.6 Å². The van der Waals surface area contributed by atoms with Gasteiger partial charge < -0.3 is 4.90 Å². The van der Waals surface area contributed by atoms with Crippen LogP contribution in [-0.4, -0.2) is 60.0 Å². The molecule has 1 fully saturated rings. The van der Waals surface area contributed by atoms with Gasteiger partial charge in [0.05, 0.1) is 6.54 Å². The SMILES string of the molecule is O=C(CCC(=O)N1CCC(c2ccc(Cl)cc2)CC1)c1ccc2c(c1)CCN(CC(=O)c1ccccc1)CC2. The van der Waals surface area contributed by atoms with Gasteiger partial charge in [0.15, 0.2) is 11.6 Å². The Bertz CT molecular complexity index is 1310. The van der Waals surface area contributed by atoms with Crippen LogP contribution in [0.5, 0.6) is 0 Å². The topological polar surface area (TPSA) is 57.7 Å². The Morgan fingerprint density at radius 3 is 2.13 bits per heavy atom. The number of halogens is 1. The molecule has 0 radical (unpaired) electrons. The maximum atomic E-state index is 13.0. The number of hydrogen-bond donors (Lipinski definition) is 0. The number of piperidine rings is 1. The van der Waals surface area contributed by atoms with Crippen molar-refractivity contribution in [3.05, 3.63) is 106 Å². The lowest BCUT2D eigenvalue weighted by Gasteiger charge is -2.32. The highest BCUT2D eigenvalue weighted by Crippen LogP contribution is 2.29. The minimum atomic E-state index is 0.0163. The second kappa shape index (κ2) is 12.7. The molecule has 202 valence electrons. The van der Waals surface area contributed by atoms with Crippen molar-refractivity contribution >= 4 is 29.1 Å². The third-order valence-corrected chi connectivity index (χ3v) is 8.39. The smallest absolute Gasteiger partial charge is 0.223 e. The molecule has 1 amide bonds. The highest BCUT2D eigenvalue weighted by atomic mass is 35.5. The summed E-state index contributed by atoms with van der Waals surface area (Å²) in [5.41, 5.74) is 5.10. The van der Waals surface area contributed by atoms with Gasteiger partial charge in [-0.25, -0.2) is 0 Å². The summed E-state index contributed by atoms with van der Waals surface area (Å²) in [7, 11) is 0. The summed E-state index contributed by atoms with van der Waals surface area (Å²) in [6.07, 6.45) is 4.00. The standard InChI is InChI=1S/C33H35ClN2O3/c34-30-10-8-24(9-11-30)26-16-20-36(21-17-26)33(39)13-12-31(37)29-7-6-25-14-18-35(19-15-28(25)22-29)23-32(38)27-4-2-1-3-5-27/h1-11,22,26H,12-21,23H2. The van der Waals surface area contributed by atoms with Gasteiger partial charge in [-0.2, -0.15) is 0 Å². The van der Waals surface area contributed by atoms with Crippen molar-refractivity contribution in [1.82, 2.24) is 9.80 Å². The van der Waals surface area contributed by atoms with Gasteiger partial charge in [-0.1, -0.05) is 66.2 Å². The molecule has 0 saturated carbocycles. The second-order valence-electron chi connectivity index (χ2n) is 10.7.